The van der Waals surface area contributed by atoms with Gasteiger partial charge in [0.05, 0.1) is 27.0 Å². The first-order chi connectivity index (χ1) is 22.4. The van der Waals surface area contributed by atoms with Crippen LogP contribution in [0.3, 0.4) is 0 Å². The van der Waals surface area contributed by atoms with Crippen molar-refractivity contribution in [2.24, 2.45) is 5.92 Å². The summed E-state index contributed by atoms with van der Waals surface area (Å²) in [5.74, 6) is -4.49. The molecule has 0 saturated heterocycles. The molecule has 1 fully saturated rings. The van der Waals surface area contributed by atoms with E-state index in [4.69, 9.17) is 27.9 Å². The summed E-state index contributed by atoms with van der Waals surface area (Å²) in [5, 5.41) is 6.79. The average molecular weight is 717 g/mol. The Labute approximate surface area is 283 Å². The summed E-state index contributed by atoms with van der Waals surface area (Å²) in [4.78, 5) is 40.3. The van der Waals surface area contributed by atoms with Gasteiger partial charge in [-0.3, -0.25) is 4.79 Å². The van der Waals surface area contributed by atoms with Gasteiger partial charge in [-0.2, -0.15) is 0 Å². The number of hydrogen-bond donors (Lipinski definition) is 3. The van der Waals surface area contributed by atoms with Crippen LogP contribution in [0.2, 0.25) is 10.0 Å². The van der Waals surface area contributed by atoms with Crippen molar-refractivity contribution in [3.63, 3.8) is 0 Å². The number of carbonyl (C=O) groups is 3. The van der Waals surface area contributed by atoms with Crippen molar-refractivity contribution >= 4 is 52.5 Å². The number of benzene rings is 3. The smallest absolute Gasteiger partial charge is 0.458 e. The van der Waals surface area contributed by atoms with E-state index in [0.717, 1.165) is 43.5 Å². The highest BCUT2D eigenvalue weighted by molar-refractivity contribution is 6.40. The summed E-state index contributed by atoms with van der Waals surface area (Å²) in [7, 11) is 0. The fraction of sp³-hybridized carbons (Fsp3) is 0.364. The van der Waals surface area contributed by atoms with Crippen LogP contribution in [0.5, 0.6) is 5.75 Å². The van der Waals surface area contributed by atoms with Gasteiger partial charge in [-0.15, -0.1) is 13.2 Å². The Hall–Kier alpha value is -4.10. The number of anilines is 2. The lowest BCUT2D eigenvalue weighted by Crippen LogP contribution is -2.49. The number of carbonyl (C=O) groups excluding carboxylic acids is 3. The predicted molar refractivity (Wildman–Crippen MR) is 171 cm³/mol. The van der Waals surface area contributed by atoms with Crippen molar-refractivity contribution in [2.75, 3.05) is 10.6 Å². The third-order valence-corrected chi connectivity index (χ3v) is 7.92. The number of hydrogen-bond acceptors (Lipinski definition) is 5. The molecule has 1 aliphatic carbocycles. The van der Waals surface area contributed by atoms with Gasteiger partial charge in [-0.1, -0.05) is 54.6 Å². The lowest BCUT2D eigenvalue weighted by molar-refractivity contribution is -0.274. The summed E-state index contributed by atoms with van der Waals surface area (Å²) < 4.78 is 75.2. The summed E-state index contributed by atoms with van der Waals surface area (Å²) in [6, 6.07) is 6.81. The van der Waals surface area contributed by atoms with Crippen molar-refractivity contribution in [2.45, 2.75) is 70.9 Å². The third kappa shape index (κ3) is 9.96. The van der Waals surface area contributed by atoms with Crippen LogP contribution < -0.4 is 20.7 Å². The van der Waals surface area contributed by atoms with Gasteiger partial charge in [0, 0.05) is 12.1 Å². The summed E-state index contributed by atoms with van der Waals surface area (Å²) in [6.07, 6.45) is -0.934. The molecule has 4 rings (SSSR count). The largest absolute Gasteiger partial charge is 0.573 e. The van der Waals surface area contributed by atoms with Crippen molar-refractivity contribution in [3.05, 3.63) is 75.8 Å². The van der Waals surface area contributed by atoms with Gasteiger partial charge >= 0.3 is 18.4 Å². The molecule has 0 spiro atoms. The van der Waals surface area contributed by atoms with Gasteiger partial charge in [-0.25, -0.2) is 18.4 Å². The molecular weight excluding hydrogens is 684 g/mol. The fourth-order valence-electron chi connectivity index (χ4n) is 5.25. The van der Waals surface area contributed by atoms with E-state index >= 15 is 0 Å². The first-order valence-corrected chi connectivity index (χ1v) is 15.6. The number of halogens is 7. The molecule has 8 nitrogen and oxygen atoms in total. The van der Waals surface area contributed by atoms with Crippen molar-refractivity contribution in [3.8, 4) is 16.9 Å². The Morgan fingerprint density at radius 2 is 1.44 bits per heavy atom. The minimum atomic E-state index is -5.02. The van der Waals surface area contributed by atoms with Crippen LogP contribution in [0, 0.1) is 17.6 Å². The summed E-state index contributed by atoms with van der Waals surface area (Å²) in [5.41, 5.74) is -0.831. The van der Waals surface area contributed by atoms with Gasteiger partial charge in [0.15, 0.2) is 11.6 Å². The lowest BCUT2D eigenvalue weighted by Gasteiger charge is -2.32. The molecule has 0 unspecified atom stereocenters. The second-order valence-electron chi connectivity index (χ2n) is 12.2. The topological polar surface area (TPSA) is 106 Å². The van der Waals surface area contributed by atoms with Crippen LogP contribution in [-0.2, 0) is 9.53 Å². The molecule has 0 heterocycles. The van der Waals surface area contributed by atoms with E-state index in [1.165, 1.54) is 24.3 Å². The van der Waals surface area contributed by atoms with Crippen LogP contribution in [0.25, 0.3) is 11.1 Å². The highest BCUT2D eigenvalue weighted by Gasteiger charge is 2.35. The minimum Gasteiger partial charge on any atom is -0.458 e. The predicted octanol–water partition coefficient (Wildman–Crippen LogP) is 9.50. The van der Waals surface area contributed by atoms with Crippen LogP contribution >= 0.6 is 23.2 Å². The Bertz CT molecular complexity index is 1670. The van der Waals surface area contributed by atoms with Gasteiger partial charge < -0.3 is 25.4 Å². The normalized spacial score (nSPS) is 14.5. The van der Waals surface area contributed by atoms with Crippen LogP contribution in [0.4, 0.5) is 38.1 Å². The van der Waals surface area contributed by atoms with Crippen molar-refractivity contribution in [1.82, 2.24) is 5.32 Å². The van der Waals surface area contributed by atoms with E-state index in [9.17, 15) is 36.3 Å². The SMILES string of the molecule is CC(C)(C)OC(=O)[C@@H](NC(=O)c1ccc(-c2ccc(F)c(F)c2)cc1NC(=O)Nc1c(Cl)cc(OC(F)(F)F)cc1Cl)C1CCCCC1. The number of nitrogens with one attached hydrogen (secondary N) is 3. The zero-order valence-electron chi connectivity index (χ0n) is 26.0. The van der Waals surface area contributed by atoms with E-state index < -0.39 is 63.3 Å². The maximum absolute atomic E-state index is 14.1. The Kier molecular flexibility index (Phi) is 11.5. The first-order valence-electron chi connectivity index (χ1n) is 14.9. The summed E-state index contributed by atoms with van der Waals surface area (Å²) in [6.45, 7) is 5.12. The minimum absolute atomic E-state index is 0.105. The monoisotopic (exact) mass is 715 g/mol. The molecule has 3 amide bonds. The van der Waals surface area contributed by atoms with Gasteiger partial charge in [-0.05, 0) is 74.9 Å². The number of amides is 3. The first kappa shape index (κ1) is 36.7. The molecule has 1 saturated carbocycles. The lowest BCUT2D eigenvalue weighted by atomic mass is 9.83. The van der Waals surface area contributed by atoms with Gasteiger partial charge in [0.2, 0.25) is 0 Å². The molecule has 15 heteroatoms. The van der Waals surface area contributed by atoms with Gasteiger partial charge in [0.1, 0.15) is 17.4 Å². The zero-order valence-corrected chi connectivity index (χ0v) is 27.5. The molecular formula is C33H32Cl2F5N3O5. The second-order valence-corrected chi connectivity index (χ2v) is 13.0. The zero-order chi connectivity index (χ0) is 35.4. The fourth-order valence-corrected chi connectivity index (χ4v) is 5.81. The van der Waals surface area contributed by atoms with E-state index in [2.05, 4.69) is 20.7 Å². The average Bonchev–Trinajstić information content (AvgIpc) is 2.97. The van der Waals surface area contributed by atoms with Gasteiger partial charge in [0.25, 0.3) is 5.91 Å². The Balaban J connectivity index is 1.67. The molecule has 48 heavy (non-hydrogen) atoms. The van der Waals surface area contributed by atoms with E-state index in [1.807, 2.05) is 0 Å². The van der Waals surface area contributed by atoms with Crippen LogP contribution in [0.1, 0.15) is 63.2 Å². The molecule has 3 N–H and O–H groups in total. The number of rotatable bonds is 8. The highest BCUT2D eigenvalue weighted by Crippen LogP contribution is 2.37. The Morgan fingerprint density at radius 3 is 2.02 bits per heavy atom. The number of ether oxygens (including phenoxy) is 2. The number of alkyl halides is 3. The highest BCUT2D eigenvalue weighted by atomic mass is 35.5. The molecule has 0 aliphatic heterocycles. The molecule has 258 valence electrons. The molecule has 0 bridgehead atoms. The van der Waals surface area contributed by atoms with Crippen molar-refractivity contribution in [1.29, 1.82) is 0 Å². The summed E-state index contributed by atoms with van der Waals surface area (Å²) >= 11 is 12.2. The number of esters is 1. The van der Waals surface area contributed by atoms with Crippen molar-refractivity contribution < 1.29 is 45.8 Å². The third-order valence-electron chi connectivity index (χ3n) is 7.32. The van der Waals surface area contributed by atoms with Crippen LogP contribution in [0.15, 0.2) is 48.5 Å². The molecule has 0 aromatic heterocycles. The molecule has 1 aliphatic rings. The van der Waals surface area contributed by atoms with E-state index in [1.54, 1.807) is 20.8 Å². The maximum Gasteiger partial charge on any atom is 0.573 e. The second kappa shape index (κ2) is 15.0. The molecule has 3 aromatic carbocycles. The van der Waals surface area contributed by atoms with E-state index in [-0.39, 0.29) is 34.0 Å². The maximum atomic E-state index is 14.1. The standard InChI is InChI=1S/C33H32Cl2F5N3O5/c1-32(2,3)48-30(45)27(17-7-5-4-6-8-17)42-29(44)21-11-9-19(18-10-12-24(36)25(37)13-18)14-26(21)41-31(46)43-28-22(34)15-20(16-23(28)35)47-33(38,39)40/h9-17,27H,4-8H2,1-3H3,(H,42,44)(H2,41,43,46)/t27-/m0/s1. The quantitative estimate of drug-likeness (QED) is 0.159. The van der Waals surface area contributed by atoms with Crippen LogP contribution in [-0.4, -0.2) is 35.9 Å². The number of urea groups is 1. The van der Waals surface area contributed by atoms with E-state index in [0.29, 0.717) is 12.8 Å². The molecule has 3 aromatic rings. The Morgan fingerprint density at radius 1 is 0.833 bits per heavy atom. The molecule has 1 atom stereocenters. The molecule has 0 radical (unpaired) electrons.